The van der Waals surface area contributed by atoms with Crippen LogP contribution in [0.25, 0.3) is 6.08 Å². The van der Waals surface area contributed by atoms with Gasteiger partial charge in [0.15, 0.2) is 0 Å². The van der Waals surface area contributed by atoms with E-state index >= 15 is 0 Å². The minimum atomic E-state index is 0. The fourth-order valence-electron chi connectivity index (χ4n) is 1.72. The predicted octanol–water partition coefficient (Wildman–Crippen LogP) is 4.19. The molecule has 1 aromatic rings. The molecule has 0 heteroatoms. The van der Waals surface area contributed by atoms with Gasteiger partial charge in [0, 0.05) is 0 Å². The van der Waals surface area contributed by atoms with Crippen molar-refractivity contribution >= 4 is 6.08 Å². The maximum atomic E-state index is 2.32. The lowest BCUT2D eigenvalue weighted by atomic mass is 9.85. The van der Waals surface area contributed by atoms with Gasteiger partial charge in [0.2, 0.25) is 0 Å². The number of benzene rings is 1. The lowest BCUT2D eigenvalue weighted by Crippen LogP contribution is -2.11. The van der Waals surface area contributed by atoms with E-state index in [9.17, 15) is 0 Å². The highest BCUT2D eigenvalue weighted by molar-refractivity contribution is 5.61. The van der Waals surface area contributed by atoms with Gasteiger partial charge in [0.1, 0.15) is 0 Å². The minimum absolute atomic E-state index is 0. The predicted molar refractivity (Wildman–Crippen MR) is 64.6 cm³/mol. The smallest absolute Gasteiger partial charge is 0.00882 e. The van der Waals surface area contributed by atoms with Crippen LogP contribution in [0.3, 0.4) is 0 Å². The number of hydrogen-bond acceptors (Lipinski definition) is 0. The van der Waals surface area contributed by atoms with E-state index in [1.54, 1.807) is 0 Å². The van der Waals surface area contributed by atoms with Gasteiger partial charge in [0.05, 0.1) is 0 Å². The van der Waals surface area contributed by atoms with Gasteiger partial charge in [-0.1, -0.05) is 58.5 Å². The summed E-state index contributed by atoms with van der Waals surface area (Å²) in [7, 11) is 0. The van der Waals surface area contributed by atoms with Crippen LogP contribution < -0.4 is 0 Å². The fourth-order valence-corrected chi connectivity index (χ4v) is 1.72. The van der Waals surface area contributed by atoms with Gasteiger partial charge in [-0.25, -0.2) is 0 Å². The van der Waals surface area contributed by atoms with Crippen molar-refractivity contribution in [2.24, 2.45) is 0 Å². The molecule has 0 unspecified atom stereocenters. The van der Waals surface area contributed by atoms with Gasteiger partial charge in [-0.3, -0.25) is 0 Å². The molecular weight excluding hydrogens is 168 g/mol. The van der Waals surface area contributed by atoms with Crippen LogP contribution in [0.5, 0.6) is 0 Å². The Morgan fingerprint density at radius 2 is 1.86 bits per heavy atom. The number of allylic oxidation sites excluding steroid dienone is 1. The molecule has 0 atom stereocenters. The Labute approximate surface area is 87.7 Å². The van der Waals surface area contributed by atoms with Crippen molar-refractivity contribution in [1.29, 1.82) is 0 Å². The zero-order valence-corrected chi connectivity index (χ0v) is 8.59. The van der Waals surface area contributed by atoms with Gasteiger partial charge >= 0.3 is 0 Å². The van der Waals surface area contributed by atoms with E-state index in [1.165, 1.54) is 16.7 Å². The molecule has 0 radical (unpaired) electrons. The molecule has 0 amide bonds. The molecule has 14 heavy (non-hydrogen) atoms. The second-order valence-corrected chi connectivity index (χ2v) is 4.77. The maximum Gasteiger partial charge on any atom is -0.00882 e. The normalized spacial score (nSPS) is 13.6. The summed E-state index contributed by atoms with van der Waals surface area (Å²) in [4.78, 5) is 0. The summed E-state index contributed by atoms with van der Waals surface area (Å²) >= 11 is 0. The molecule has 2 rings (SSSR count). The molecule has 0 saturated heterocycles. The second kappa shape index (κ2) is 3.61. The molecule has 0 fully saturated rings. The molecule has 1 aliphatic carbocycles. The van der Waals surface area contributed by atoms with Crippen molar-refractivity contribution < 1.29 is 0 Å². The van der Waals surface area contributed by atoms with Crippen LogP contribution in [-0.2, 0) is 11.8 Å². The monoisotopic (exact) mass is 188 g/mol. The Hall–Kier alpha value is -1.04. The van der Waals surface area contributed by atoms with E-state index in [0.717, 1.165) is 6.42 Å². The van der Waals surface area contributed by atoms with Crippen molar-refractivity contribution in [3.63, 3.8) is 0 Å². The van der Waals surface area contributed by atoms with Crippen LogP contribution >= 0.6 is 0 Å². The van der Waals surface area contributed by atoms with Gasteiger partial charge in [0.25, 0.3) is 0 Å². The average Bonchev–Trinajstić information content (AvgIpc) is 2.47. The van der Waals surface area contributed by atoms with Gasteiger partial charge < -0.3 is 0 Å². The van der Waals surface area contributed by atoms with Crippen molar-refractivity contribution in [1.82, 2.24) is 0 Å². The lowest BCUT2D eigenvalue weighted by molar-refractivity contribution is 0.590. The summed E-state index contributed by atoms with van der Waals surface area (Å²) < 4.78 is 0. The van der Waals surface area contributed by atoms with Crippen molar-refractivity contribution in [3.8, 4) is 0 Å². The first-order chi connectivity index (χ1) is 6.07. The third kappa shape index (κ3) is 1.89. The van der Waals surface area contributed by atoms with Crippen molar-refractivity contribution in [2.45, 2.75) is 40.0 Å². The van der Waals surface area contributed by atoms with Crippen molar-refractivity contribution in [3.05, 3.63) is 41.0 Å². The molecule has 0 spiro atoms. The first-order valence-corrected chi connectivity index (χ1v) is 4.87. The summed E-state index contributed by atoms with van der Waals surface area (Å²) in [5.74, 6) is 0. The summed E-state index contributed by atoms with van der Waals surface area (Å²) in [5.41, 5.74) is 4.57. The molecule has 0 aliphatic heterocycles. The summed E-state index contributed by atoms with van der Waals surface area (Å²) in [5, 5.41) is 0. The highest BCUT2D eigenvalue weighted by Crippen LogP contribution is 2.27. The Balaban J connectivity index is 0.000000980. The number of rotatable bonds is 0. The molecule has 76 valence electrons. The fraction of sp³-hybridized carbons (Fsp3) is 0.429. The number of fused-ring (bicyclic) bond motifs is 1. The summed E-state index contributed by atoms with van der Waals surface area (Å²) in [6.45, 7) is 6.77. The first kappa shape index (κ1) is 11.0. The molecule has 0 aromatic heterocycles. The summed E-state index contributed by atoms with van der Waals surface area (Å²) in [6, 6.07) is 6.83. The Morgan fingerprint density at radius 3 is 2.50 bits per heavy atom. The molecule has 0 heterocycles. The molecular formula is C14H20. The molecule has 0 bridgehead atoms. The first-order valence-electron chi connectivity index (χ1n) is 4.87. The SMILES string of the molecule is C.CC(C)(C)c1ccc2c(c1)C=CC2. The zero-order valence-electron chi connectivity index (χ0n) is 8.59. The van der Waals surface area contributed by atoms with Crippen LogP contribution in [0.4, 0.5) is 0 Å². The van der Waals surface area contributed by atoms with E-state index in [2.05, 4.69) is 51.1 Å². The van der Waals surface area contributed by atoms with Gasteiger partial charge in [-0.15, -0.1) is 0 Å². The molecule has 0 N–H and O–H groups in total. The Kier molecular flexibility index (Phi) is 2.84. The van der Waals surface area contributed by atoms with Crippen LogP contribution in [0.2, 0.25) is 0 Å². The number of hydrogen-bond donors (Lipinski definition) is 0. The average molecular weight is 188 g/mol. The van der Waals surface area contributed by atoms with E-state index in [4.69, 9.17) is 0 Å². The topological polar surface area (TPSA) is 0 Å². The van der Waals surface area contributed by atoms with Crippen LogP contribution in [0.1, 0.15) is 44.9 Å². The Bertz CT molecular complexity index is 351. The Morgan fingerprint density at radius 1 is 1.14 bits per heavy atom. The van der Waals surface area contributed by atoms with E-state index in [-0.39, 0.29) is 12.8 Å². The maximum absolute atomic E-state index is 2.32. The van der Waals surface area contributed by atoms with Crippen molar-refractivity contribution in [2.75, 3.05) is 0 Å². The molecule has 1 aromatic carbocycles. The lowest BCUT2D eigenvalue weighted by Gasteiger charge is -2.19. The highest BCUT2D eigenvalue weighted by atomic mass is 14.2. The molecule has 0 saturated carbocycles. The molecule has 1 aliphatic rings. The standard InChI is InChI=1S/C13H16.CH4/c1-13(2,3)12-8-7-10-5-4-6-11(10)9-12;/h4,6-9H,5H2,1-3H3;1H4. The van der Waals surface area contributed by atoms with Crippen LogP contribution in [0, 0.1) is 0 Å². The quantitative estimate of drug-likeness (QED) is 0.572. The van der Waals surface area contributed by atoms with Crippen LogP contribution in [-0.4, -0.2) is 0 Å². The third-order valence-electron chi connectivity index (χ3n) is 2.65. The second-order valence-electron chi connectivity index (χ2n) is 4.77. The minimum Gasteiger partial charge on any atom is -0.0795 e. The molecule has 0 nitrogen and oxygen atoms in total. The summed E-state index contributed by atoms with van der Waals surface area (Å²) in [6.07, 6.45) is 5.57. The zero-order chi connectivity index (χ0) is 9.47. The van der Waals surface area contributed by atoms with E-state index in [0.29, 0.717) is 0 Å². The van der Waals surface area contributed by atoms with Gasteiger partial charge in [-0.2, -0.15) is 0 Å². The third-order valence-corrected chi connectivity index (χ3v) is 2.65. The van der Waals surface area contributed by atoms with Gasteiger partial charge in [-0.05, 0) is 28.5 Å². The van der Waals surface area contributed by atoms with E-state index < -0.39 is 0 Å². The van der Waals surface area contributed by atoms with Crippen LogP contribution in [0.15, 0.2) is 24.3 Å². The van der Waals surface area contributed by atoms with E-state index in [1.807, 2.05) is 0 Å². The highest BCUT2D eigenvalue weighted by Gasteiger charge is 2.15. The largest absolute Gasteiger partial charge is 0.0795 e.